The van der Waals surface area contributed by atoms with Gasteiger partial charge in [0.1, 0.15) is 5.76 Å². The van der Waals surface area contributed by atoms with Crippen molar-refractivity contribution < 1.29 is 23.5 Å². The summed E-state index contributed by atoms with van der Waals surface area (Å²) in [5.41, 5.74) is 1.51. The number of rotatable bonds is 6. The minimum absolute atomic E-state index is 0.0550. The number of furan rings is 1. The Morgan fingerprint density at radius 1 is 1.14 bits per heavy atom. The van der Waals surface area contributed by atoms with Crippen LogP contribution in [0.3, 0.4) is 0 Å². The number of anilines is 1. The van der Waals surface area contributed by atoms with Gasteiger partial charge in [0.2, 0.25) is 0 Å². The fourth-order valence-electron chi connectivity index (χ4n) is 2.44. The molecule has 2 aromatic carbocycles. The molecular formula is C21H13ClN2O5. The average Bonchev–Trinajstić information content (AvgIpc) is 3.22. The third-order valence-corrected chi connectivity index (χ3v) is 4.18. The van der Waals surface area contributed by atoms with Crippen LogP contribution in [0.5, 0.6) is 0 Å². The van der Waals surface area contributed by atoms with Gasteiger partial charge in [-0.3, -0.25) is 9.59 Å². The van der Waals surface area contributed by atoms with E-state index in [1.165, 1.54) is 18.2 Å². The zero-order valence-corrected chi connectivity index (χ0v) is 15.6. The molecule has 1 amide bonds. The summed E-state index contributed by atoms with van der Waals surface area (Å²) >= 11 is 6.07. The van der Waals surface area contributed by atoms with Crippen molar-refractivity contribution in [3.8, 4) is 17.4 Å². The molecule has 1 N–H and O–H groups in total. The van der Waals surface area contributed by atoms with Gasteiger partial charge in [-0.25, -0.2) is 4.79 Å². The highest BCUT2D eigenvalue weighted by Crippen LogP contribution is 2.27. The second-order valence-electron chi connectivity index (χ2n) is 5.83. The minimum Gasteiger partial charge on any atom is -0.453 e. The summed E-state index contributed by atoms with van der Waals surface area (Å²) in [5.74, 6) is -0.791. The molecule has 1 aromatic heterocycles. The third kappa shape index (κ3) is 4.89. The highest BCUT2D eigenvalue weighted by atomic mass is 35.5. The quantitative estimate of drug-likeness (QED) is 0.486. The molecule has 0 spiro atoms. The zero-order chi connectivity index (χ0) is 20.8. The number of nitrogens with one attached hydrogen (secondary N) is 1. The first kappa shape index (κ1) is 19.9. The fraction of sp³-hybridized carbons (Fsp3) is 0.0476. The summed E-state index contributed by atoms with van der Waals surface area (Å²) in [4.78, 5) is 35.1. The molecule has 0 aliphatic carbocycles. The van der Waals surface area contributed by atoms with Crippen molar-refractivity contribution in [2.75, 3.05) is 11.9 Å². The number of hydrogen-bond donors (Lipinski definition) is 1. The van der Waals surface area contributed by atoms with Gasteiger partial charge in [0.25, 0.3) is 5.91 Å². The Hall–Kier alpha value is -3.89. The number of nitriles is 1. The summed E-state index contributed by atoms with van der Waals surface area (Å²) in [5, 5.41) is 11.5. The number of carbonyl (C=O) groups is 3. The molecule has 0 unspecified atom stereocenters. The summed E-state index contributed by atoms with van der Waals surface area (Å²) in [7, 11) is 0. The van der Waals surface area contributed by atoms with Crippen LogP contribution >= 0.6 is 11.6 Å². The summed E-state index contributed by atoms with van der Waals surface area (Å²) < 4.78 is 10.4. The number of halogens is 1. The summed E-state index contributed by atoms with van der Waals surface area (Å²) in [6, 6.07) is 15.9. The van der Waals surface area contributed by atoms with Crippen molar-refractivity contribution in [1.82, 2.24) is 0 Å². The molecule has 0 aliphatic heterocycles. The number of hydrogen-bond acceptors (Lipinski definition) is 6. The van der Waals surface area contributed by atoms with Crippen LogP contribution in [0.25, 0.3) is 11.3 Å². The van der Waals surface area contributed by atoms with Crippen molar-refractivity contribution in [1.29, 1.82) is 5.26 Å². The summed E-state index contributed by atoms with van der Waals surface area (Å²) in [6.07, 6.45) is 0.571. The Morgan fingerprint density at radius 2 is 1.90 bits per heavy atom. The Morgan fingerprint density at radius 3 is 2.55 bits per heavy atom. The monoisotopic (exact) mass is 408 g/mol. The van der Waals surface area contributed by atoms with Gasteiger partial charge in [0, 0.05) is 11.3 Å². The van der Waals surface area contributed by atoms with Crippen LogP contribution in [0.1, 0.15) is 26.5 Å². The molecule has 144 valence electrons. The van der Waals surface area contributed by atoms with E-state index in [2.05, 4.69) is 5.32 Å². The molecule has 0 saturated heterocycles. The third-order valence-electron chi connectivity index (χ3n) is 3.85. The number of benzene rings is 2. The van der Waals surface area contributed by atoms with Gasteiger partial charge in [-0.05, 0) is 54.6 Å². The topological polar surface area (TPSA) is 109 Å². The molecule has 3 rings (SSSR count). The first-order valence-electron chi connectivity index (χ1n) is 8.32. The van der Waals surface area contributed by atoms with E-state index in [0.717, 1.165) is 0 Å². The van der Waals surface area contributed by atoms with Crippen LogP contribution < -0.4 is 5.32 Å². The Bertz CT molecular complexity index is 1110. The van der Waals surface area contributed by atoms with E-state index in [1.807, 2.05) is 6.07 Å². The number of carbonyl (C=O) groups excluding carboxylic acids is 3. The van der Waals surface area contributed by atoms with Crippen LogP contribution in [-0.2, 0) is 9.53 Å². The number of nitrogens with zero attached hydrogens (tertiary/aromatic N) is 1. The normalized spacial score (nSPS) is 10.1. The molecule has 0 atom stereocenters. The van der Waals surface area contributed by atoms with Crippen molar-refractivity contribution in [3.63, 3.8) is 0 Å². The molecule has 0 aliphatic rings. The van der Waals surface area contributed by atoms with Crippen LogP contribution in [-0.4, -0.2) is 24.8 Å². The molecule has 8 heteroatoms. The van der Waals surface area contributed by atoms with Gasteiger partial charge in [-0.15, -0.1) is 0 Å². The zero-order valence-electron chi connectivity index (χ0n) is 14.8. The van der Waals surface area contributed by atoms with E-state index < -0.39 is 18.5 Å². The van der Waals surface area contributed by atoms with Gasteiger partial charge in [0.05, 0.1) is 22.2 Å². The second-order valence-corrected chi connectivity index (χ2v) is 6.24. The number of esters is 1. The van der Waals surface area contributed by atoms with Gasteiger partial charge >= 0.3 is 5.97 Å². The molecule has 3 aromatic rings. The lowest BCUT2D eigenvalue weighted by molar-refractivity contribution is -0.119. The number of amides is 1. The SMILES string of the molecule is N#Cc1ccc(NC(=O)COC(=O)c2cc(-c3ccc(C=O)o3)ccc2Cl)cc1. The van der Waals surface area contributed by atoms with Crippen molar-refractivity contribution in [3.05, 3.63) is 76.5 Å². The van der Waals surface area contributed by atoms with E-state index in [9.17, 15) is 14.4 Å². The van der Waals surface area contributed by atoms with Crippen LogP contribution in [0, 0.1) is 11.3 Å². The molecule has 7 nitrogen and oxygen atoms in total. The van der Waals surface area contributed by atoms with Crippen LogP contribution in [0.2, 0.25) is 5.02 Å². The molecule has 0 radical (unpaired) electrons. The predicted octanol–water partition coefficient (Wildman–Crippen LogP) is 4.08. The van der Waals surface area contributed by atoms with E-state index in [1.54, 1.807) is 36.4 Å². The van der Waals surface area contributed by atoms with Crippen LogP contribution in [0.4, 0.5) is 5.69 Å². The van der Waals surface area contributed by atoms with E-state index >= 15 is 0 Å². The van der Waals surface area contributed by atoms with Crippen molar-refractivity contribution in [2.45, 2.75) is 0 Å². The molecular weight excluding hydrogens is 396 g/mol. The lowest BCUT2D eigenvalue weighted by atomic mass is 10.1. The first-order valence-corrected chi connectivity index (χ1v) is 8.70. The standard InChI is InChI=1S/C21H13ClN2O5/c22-18-7-3-14(19-8-6-16(11-25)29-19)9-17(18)21(27)28-12-20(26)24-15-4-1-13(10-23)2-5-15/h1-9,11H,12H2,(H,24,26). The smallest absolute Gasteiger partial charge is 0.340 e. The highest BCUT2D eigenvalue weighted by Gasteiger charge is 2.16. The average molecular weight is 409 g/mol. The van der Waals surface area contributed by atoms with Gasteiger partial charge in [-0.1, -0.05) is 11.6 Å². The van der Waals surface area contributed by atoms with Gasteiger partial charge in [0.15, 0.2) is 18.7 Å². The minimum atomic E-state index is -0.783. The predicted molar refractivity (Wildman–Crippen MR) is 105 cm³/mol. The molecule has 0 fully saturated rings. The Labute approximate surface area is 170 Å². The van der Waals surface area contributed by atoms with E-state index in [4.69, 9.17) is 26.0 Å². The largest absolute Gasteiger partial charge is 0.453 e. The lowest BCUT2D eigenvalue weighted by Crippen LogP contribution is -2.21. The van der Waals surface area contributed by atoms with Crippen molar-refractivity contribution in [2.24, 2.45) is 0 Å². The maximum Gasteiger partial charge on any atom is 0.340 e. The molecule has 29 heavy (non-hydrogen) atoms. The van der Waals surface area contributed by atoms with Crippen molar-refractivity contribution >= 4 is 35.5 Å². The highest BCUT2D eigenvalue weighted by molar-refractivity contribution is 6.33. The number of ether oxygens (including phenoxy) is 1. The van der Waals surface area contributed by atoms with Gasteiger partial charge in [-0.2, -0.15) is 5.26 Å². The first-order chi connectivity index (χ1) is 14.0. The van der Waals surface area contributed by atoms with Gasteiger partial charge < -0.3 is 14.5 Å². The second kappa shape index (κ2) is 8.87. The molecule has 0 bridgehead atoms. The Kier molecular flexibility index (Phi) is 6.07. The molecule has 1 heterocycles. The van der Waals surface area contributed by atoms with E-state index in [-0.39, 0.29) is 16.3 Å². The summed E-state index contributed by atoms with van der Waals surface area (Å²) in [6.45, 7) is -0.518. The van der Waals surface area contributed by atoms with E-state index in [0.29, 0.717) is 28.9 Å². The number of aldehydes is 1. The maximum atomic E-state index is 12.3. The Balaban J connectivity index is 1.65. The molecule has 0 saturated carbocycles. The van der Waals surface area contributed by atoms with Crippen LogP contribution in [0.15, 0.2) is 59.0 Å². The maximum absolute atomic E-state index is 12.3. The lowest BCUT2D eigenvalue weighted by Gasteiger charge is -2.08. The fourth-order valence-corrected chi connectivity index (χ4v) is 2.64.